The molecule has 2 amide bonds. The molecule has 11 nitrogen and oxygen atoms in total. The normalized spacial score (nSPS) is 11.6. The summed E-state index contributed by atoms with van der Waals surface area (Å²) in [6, 6.07) is 16.0. The molecule has 2 aromatic carbocycles. The highest BCUT2D eigenvalue weighted by Crippen LogP contribution is 2.22. The van der Waals surface area contributed by atoms with Gasteiger partial charge in [0.05, 0.1) is 12.5 Å². The third-order valence-corrected chi connectivity index (χ3v) is 5.29. The first-order valence-electron chi connectivity index (χ1n) is 11.3. The van der Waals surface area contributed by atoms with Crippen LogP contribution in [0.5, 0.6) is 5.75 Å². The van der Waals surface area contributed by atoms with Gasteiger partial charge in [0.1, 0.15) is 18.1 Å². The van der Waals surface area contributed by atoms with Gasteiger partial charge < -0.3 is 31.2 Å². The first-order valence-corrected chi connectivity index (χ1v) is 11.3. The second-order valence-electron chi connectivity index (χ2n) is 8.05. The zero-order valence-electron chi connectivity index (χ0n) is 19.6. The first-order chi connectivity index (χ1) is 17.3. The van der Waals surface area contributed by atoms with Crippen LogP contribution in [0, 0.1) is 0 Å². The number of nitrogens with zero attached hydrogens (tertiary/aromatic N) is 1. The number of primary amides is 1. The van der Waals surface area contributed by atoms with Crippen molar-refractivity contribution < 1.29 is 28.8 Å². The van der Waals surface area contributed by atoms with Crippen LogP contribution >= 0.6 is 0 Å². The van der Waals surface area contributed by atoms with Crippen molar-refractivity contribution >= 4 is 17.8 Å². The van der Waals surface area contributed by atoms with Gasteiger partial charge in [0, 0.05) is 31.3 Å². The Labute approximate surface area is 207 Å². The molecule has 0 unspecified atom stereocenters. The summed E-state index contributed by atoms with van der Waals surface area (Å²) in [5.74, 6) is -0.643. The van der Waals surface area contributed by atoms with Gasteiger partial charge in [0.25, 0.3) is 0 Å². The summed E-state index contributed by atoms with van der Waals surface area (Å²) in [5, 5.41) is 18.3. The first kappa shape index (κ1) is 26.4. The molecule has 0 aliphatic carbocycles. The van der Waals surface area contributed by atoms with Crippen molar-refractivity contribution in [1.82, 2.24) is 15.8 Å². The molecule has 7 N–H and O–H groups in total. The number of nitrogens with two attached hydrogens (primary N) is 2. The Morgan fingerprint density at radius 3 is 2.53 bits per heavy atom. The second kappa shape index (κ2) is 13.0. The smallest absolute Gasteiger partial charge is 0.303 e. The maximum atomic E-state index is 11.7. The number of aromatic nitrogens is 1. The van der Waals surface area contributed by atoms with Crippen molar-refractivity contribution in [3.05, 3.63) is 71.5 Å². The minimum absolute atomic E-state index is 0.0657. The van der Waals surface area contributed by atoms with E-state index in [-0.39, 0.29) is 38.6 Å². The van der Waals surface area contributed by atoms with E-state index in [1.165, 1.54) is 0 Å². The molecule has 3 rings (SSSR count). The standard InChI is InChI=1S/C25H29N5O6/c26-15-29-22(25(27)34)11-16-4-6-19(7-5-16)35-14-20-12-21(30-36-20)18-3-1-2-17(10-18)13-28-23(31)8-9-24(32)33/h1-7,10,12,22,29H,8-9,11,13-15,26H2,(H2,27,34)(H,28,31)(H,32,33)/t22-/m0/s1. The summed E-state index contributed by atoms with van der Waals surface area (Å²) in [4.78, 5) is 33.8. The Morgan fingerprint density at radius 2 is 1.83 bits per heavy atom. The molecule has 0 aliphatic heterocycles. The fourth-order valence-electron chi connectivity index (χ4n) is 3.39. The summed E-state index contributed by atoms with van der Waals surface area (Å²) >= 11 is 0. The molecule has 190 valence electrons. The highest BCUT2D eigenvalue weighted by molar-refractivity contribution is 5.80. The Balaban J connectivity index is 1.53. The maximum Gasteiger partial charge on any atom is 0.303 e. The van der Waals surface area contributed by atoms with Gasteiger partial charge in [-0.25, -0.2) is 0 Å². The van der Waals surface area contributed by atoms with Crippen LogP contribution < -0.4 is 26.8 Å². The number of carbonyl (C=O) groups is 3. The van der Waals surface area contributed by atoms with Gasteiger partial charge in [-0.05, 0) is 35.7 Å². The Morgan fingerprint density at radius 1 is 1.06 bits per heavy atom. The summed E-state index contributed by atoms with van der Waals surface area (Å²) < 4.78 is 11.2. The van der Waals surface area contributed by atoms with Gasteiger partial charge in [0.2, 0.25) is 11.8 Å². The van der Waals surface area contributed by atoms with Gasteiger partial charge in [-0.15, -0.1) is 0 Å². The van der Waals surface area contributed by atoms with Crippen molar-refractivity contribution in [2.24, 2.45) is 11.5 Å². The molecule has 0 saturated carbocycles. The Kier molecular flexibility index (Phi) is 9.55. The average molecular weight is 496 g/mol. The maximum absolute atomic E-state index is 11.7. The number of amides is 2. The molecule has 0 spiro atoms. The van der Waals surface area contributed by atoms with Gasteiger partial charge >= 0.3 is 5.97 Å². The van der Waals surface area contributed by atoms with E-state index in [4.69, 9.17) is 25.8 Å². The zero-order chi connectivity index (χ0) is 25.9. The van der Waals surface area contributed by atoms with Gasteiger partial charge in [-0.1, -0.05) is 35.5 Å². The van der Waals surface area contributed by atoms with E-state index in [2.05, 4.69) is 15.8 Å². The summed E-state index contributed by atoms with van der Waals surface area (Å²) in [5.41, 5.74) is 14.0. The molecule has 1 atom stereocenters. The number of benzene rings is 2. The van der Waals surface area contributed by atoms with Gasteiger partial charge in [-0.3, -0.25) is 19.7 Å². The number of aliphatic carboxylic acids is 1. The molecule has 3 aromatic rings. The molecule has 0 fully saturated rings. The van der Waals surface area contributed by atoms with Crippen LogP contribution in [0.3, 0.4) is 0 Å². The monoisotopic (exact) mass is 495 g/mol. The lowest BCUT2D eigenvalue weighted by atomic mass is 10.1. The number of hydrogen-bond acceptors (Lipinski definition) is 8. The number of hydrogen-bond donors (Lipinski definition) is 5. The summed E-state index contributed by atoms with van der Waals surface area (Å²) in [7, 11) is 0. The molecule has 0 aliphatic rings. The van der Waals surface area contributed by atoms with E-state index in [1.54, 1.807) is 18.2 Å². The topological polar surface area (TPSA) is 183 Å². The molecule has 11 heteroatoms. The molecule has 0 radical (unpaired) electrons. The minimum atomic E-state index is -1.01. The summed E-state index contributed by atoms with van der Waals surface area (Å²) in [6.45, 7) is 0.603. The number of carboxylic acids is 1. The predicted octanol–water partition coefficient (Wildman–Crippen LogP) is 1.30. The number of carboxylic acid groups (broad SMARTS) is 1. The Bertz CT molecular complexity index is 1180. The van der Waals surface area contributed by atoms with Crippen molar-refractivity contribution in [2.45, 2.75) is 38.5 Å². The second-order valence-corrected chi connectivity index (χ2v) is 8.05. The van der Waals surface area contributed by atoms with E-state index in [9.17, 15) is 14.4 Å². The van der Waals surface area contributed by atoms with E-state index >= 15 is 0 Å². The Hall–Kier alpha value is -4.22. The van der Waals surface area contributed by atoms with Crippen LogP contribution in [0.2, 0.25) is 0 Å². The molecule has 1 heterocycles. The van der Waals surface area contributed by atoms with E-state index in [0.717, 1.165) is 16.7 Å². The molecule has 0 saturated heterocycles. The SMILES string of the molecule is NCN[C@@H](Cc1ccc(OCc2cc(-c3cccc(CNC(=O)CCC(=O)O)c3)no2)cc1)C(N)=O. The van der Waals surface area contributed by atoms with E-state index < -0.39 is 17.9 Å². The molecule has 36 heavy (non-hydrogen) atoms. The van der Waals surface area contributed by atoms with Crippen molar-refractivity contribution in [1.29, 1.82) is 0 Å². The van der Waals surface area contributed by atoms with Crippen molar-refractivity contribution in [3.63, 3.8) is 0 Å². The number of rotatable bonds is 14. The minimum Gasteiger partial charge on any atom is -0.486 e. The van der Waals surface area contributed by atoms with Gasteiger partial charge in [0.15, 0.2) is 5.76 Å². The van der Waals surface area contributed by atoms with Crippen LogP contribution in [0.1, 0.15) is 29.7 Å². The summed E-state index contributed by atoms with van der Waals surface area (Å²) in [6.07, 6.45) is 0.148. The quantitative estimate of drug-likeness (QED) is 0.206. The number of ether oxygens (including phenoxy) is 1. The lowest BCUT2D eigenvalue weighted by Crippen LogP contribution is -2.45. The van der Waals surface area contributed by atoms with Crippen molar-refractivity contribution in [3.8, 4) is 17.0 Å². The average Bonchev–Trinajstić information content (AvgIpc) is 3.35. The fraction of sp³-hybridized carbons (Fsp3) is 0.280. The molecule has 1 aromatic heterocycles. The lowest BCUT2D eigenvalue weighted by Gasteiger charge is -2.14. The molecular weight excluding hydrogens is 466 g/mol. The largest absolute Gasteiger partial charge is 0.486 e. The predicted molar refractivity (Wildman–Crippen MR) is 130 cm³/mol. The van der Waals surface area contributed by atoms with E-state index in [0.29, 0.717) is 23.6 Å². The van der Waals surface area contributed by atoms with Crippen LogP contribution in [0.25, 0.3) is 11.3 Å². The fourth-order valence-corrected chi connectivity index (χ4v) is 3.39. The van der Waals surface area contributed by atoms with Crippen LogP contribution in [-0.2, 0) is 34.0 Å². The molecular formula is C25H29N5O6. The highest BCUT2D eigenvalue weighted by atomic mass is 16.5. The van der Waals surface area contributed by atoms with Crippen LogP contribution in [0.15, 0.2) is 59.1 Å². The molecule has 0 bridgehead atoms. The van der Waals surface area contributed by atoms with Crippen LogP contribution in [-0.4, -0.2) is 40.8 Å². The third kappa shape index (κ3) is 8.22. The van der Waals surface area contributed by atoms with Crippen molar-refractivity contribution in [2.75, 3.05) is 6.67 Å². The van der Waals surface area contributed by atoms with Gasteiger partial charge in [-0.2, -0.15) is 0 Å². The third-order valence-electron chi connectivity index (χ3n) is 5.29. The zero-order valence-corrected chi connectivity index (χ0v) is 19.6. The highest BCUT2D eigenvalue weighted by Gasteiger charge is 2.14. The van der Waals surface area contributed by atoms with E-state index in [1.807, 2.05) is 36.4 Å². The van der Waals surface area contributed by atoms with Crippen LogP contribution in [0.4, 0.5) is 0 Å². The lowest BCUT2D eigenvalue weighted by molar-refractivity contribution is -0.138. The number of carbonyl (C=O) groups excluding carboxylic acids is 2. The number of nitrogens with one attached hydrogen (secondary N) is 2.